The molecule has 2 heterocycles. The van der Waals surface area contributed by atoms with Crippen LogP contribution in [0.3, 0.4) is 0 Å². The van der Waals surface area contributed by atoms with E-state index >= 15 is 0 Å². The van der Waals surface area contributed by atoms with Crippen LogP contribution in [0.4, 0.5) is 0 Å². The number of aliphatic carboxylic acids is 1. The van der Waals surface area contributed by atoms with Crippen molar-refractivity contribution in [2.75, 3.05) is 19.6 Å². The zero-order chi connectivity index (χ0) is 17.3. The molecule has 24 heavy (non-hydrogen) atoms. The van der Waals surface area contributed by atoms with Crippen LogP contribution in [0.5, 0.6) is 0 Å². The molecule has 0 aliphatic carbocycles. The fraction of sp³-hybridized carbons (Fsp3) is 0.444. The van der Waals surface area contributed by atoms with Crippen LogP contribution < -0.4 is 5.32 Å². The van der Waals surface area contributed by atoms with Crippen LogP contribution in [-0.4, -0.2) is 47.1 Å². The lowest BCUT2D eigenvalue weighted by atomic mass is 10.0. The molecule has 1 aliphatic rings. The van der Waals surface area contributed by atoms with Gasteiger partial charge in [0.25, 0.3) is 0 Å². The van der Waals surface area contributed by atoms with E-state index in [0.717, 1.165) is 17.4 Å². The van der Waals surface area contributed by atoms with E-state index in [2.05, 4.69) is 5.32 Å². The number of carboxylic acid groups (broad SMARTS) is 1. The third-order valence-electron chi connectivity index (χ3n) is 4.69. The fourth-order valence-electron chi connectivity index (χ4n) is 3.19. The second-order valence-corrected chi connectivity index (χ2v) is 6.73. The summed E-state index contributed by atoms with van der Waals surface area (Å²) in [5.74, 6) is -0.584. The molecule has 2 atom stereocenters. The highest BCUT2D eigenvalue weighted by atomic mass is 16.4. The Labute approximate surface area is 140 Å². The summed E-state index contributed by atoms with van der Waals surface area (Å²) in [6.45, 7) is 4.82. The number of nitrogens with zero attached hydrogens (tertiary/aromatic N) is 1. The predicted octanol–water partition coefficient (Wildman–Crippen LogP) is 2.20. The standard InChI is InChI=1S/C18H22N2O4/c1-12(15-9-13-5-3-4-6-14(13)24-15)17(23)20-8-7-18(2,11-20)19-10-16(21)22/h3-6,9,12,19H,7-8,10-11H2,1-2H3,(H,21,22)/t12-,18+/m0/s1. The van der Waals surface area contributed by atoms with E-state index in [1.165, 1.54) is 0 Å². The van der Waals surface area contributed by atoms with Crippen molar-refractivity contribution in [3.8, 4) is 0 Å². The first-order chi connectivity index (χ1) is 11.4. The monoisotopic (exact) mass is 330 g/mol. The molecule has 3 rings (SSSR count). The molecular formula is C18H22N2O4. The van der Waals surface area contributed by atoms with E-state index in [1.54, 1.807) is 4.90 Å². The molecular weight excluding hydrogens is 308 g/mol. The molecule has 128 valence electrons. The molecule has 0 bridgehead atoms. The van der Waals surface area contributed by atoms with Gasteiger partial charge in [0.1, 0.15) is 11.3 Å². The van der Waals surface area contributed by atoms with Gasteiger partial charge in [0, 0.05) is 24.0 Å². The number of nitrogens with one attached hydrogen (secondary N) is 1. The number of rotatable bonds is 5. The predicted molar refractivity (Wildman–Crippen MR) is 89.9 cm³/mol. The Hall–Kier alpha value is -2.34. The van der Waals surface area contributed by atoms with E-state index in [1.807, 2.05) is 44.2 Å². The Morgan fingerprint density at radius 3 is 2.88 bits per heavy atom. The van der Waals surface area contributed by atoms with Gasteiger partial charge in [-0.25, -0.2) is 0 Å². The maximum Gasteiger partial charge on any atom is 0.317 e. The maximum atomic E-state index is 12.8. The molecule has 0 radical (unpaired) electrons. The molecule has 0 spiro atoms. The second kappa shape index (κ2) is 6.28. The van der Waals surface area contributed by atoms with Gasteiger partial charge < -0.3 is 14.4 Å². The lowest BCUT2D eigenvalue weighted by Crippen LogP contribution is -2.47. The van der Waals surface area contributed by atoms with Crippen LogP contribution in [0, 0.1) is 0 Å². The average molecular weight is 330 g/mol. The summed E-state index contributed by atoms with van der Waals surface area (Å²) in [6.07, 6.45) is 0.735. The van der Waals surface area contributed by atoms with Gasteiger partial charge in [-0.1, -0.05) is 18.2 Å². The number of fused-ring (bicyclic) bond motifs is 1. The summed E-state index contributed by atoms with van der Waals surface area (Å²) in [6, 6.07) is 9.60. The van der Waals surface area contributed by atoms with Gasteiger partial charge in [0.15, 0.2) is 0 Å². The van der Waals surface area contributed by atoms with Crippen molar-refractivity contribution in [3.05, 3.63) is 36.1 Å². The van der Waals surface area contributed by atoms with Gasteiger partial charge in [-0.15, -0.1) is 0 Å². The van der Waals surface area contributed by atoms with E-state index in [9.17, 15) is 9.59 Å². The van der Waals surface area contributed by atoms with Gasteiger partial charge in [-0.05, 0) is 32.4 Å². The summed E-state index contributed by atoms with van der Waals surface area (Å²) >= 11 is 0. The number of carbonyl (C=O) groups is 2. The molecule has 1 aliphatic heterocycles. The largest absolute Gasteiger partial charge is 0.480 e. The molecule has 1 fully saturated rings. The van der Waals surface area contributed by atoms with E-state index in [0.29, 0.717) is 18.8 Å². The van der Waals surface area contributed by atoms with Crippen molar-refractivity contribution in [2.24, 2.45) is 0 Å². The van der Waals surface area contributed by atoms with E-state index < -0.39 is 5.97 Å². The summed E-state index contributed by atoms with van der Waals surface area (Å²) in [5.41, 5.74) is 0.420. The Balaban J connectivity index is 1.69. The highest BCUT2D eigenvalue weighted by Crippen LogP contribution is 2.29. The summed E-state index contributed by atoms with van der Waals surface area (Å²) < 4.78 is 5.80. The van der Waals surface area contributed by atoms with Crippen molar-refractivity contribution in [3.63, 3.8) is 0 Å². The molecule has 2 aromatic rings. The number of para-hydroxylation sites is 1. The number of hydrogen-bond acceptors (Lipinski definition) is 4. The van der Waals surface area contributed by atoms with Crippen molar-refractivity contribution >= 4 is 22.8 Å². The number of amides is 1. The van der Waals surface area contributed by atoms with Crippen molar-refractivity contribution < 1.29 is 19.1 Å². The first-order valence-electron chi connectivity index (χ1n) is 8.12. The number of likely N-dealkylation sites (tertiary alicyclic amines) is 1. The summed E-state index contributed by atoms with van der Waals surface area (Å²) in [5, 5.41) is 12.8. The first kappa shape index (κ1) is 16.5. The maximum absolute atomic E-state index is 12.8. The minimum atomic E-state index is -0.892. The molecule has 1 aromatic heterocycles. The smallest absolute Gasteiger partial charge is 0.317 e. The van der Waals surface area contributed by atoms with Crippen LogP contribution in [0.15, 0.2) is 34.7 Å². The molecule has 6 nitrogen and oxygen atoms in total. The number of hydrogen-bond donors (Lipinski definition) is 2. The fourth-order valence-corrected chi connectivity index (χ4v) is 3.19. The third-order valence-corrected chi connectivity index (χ3v) is 4.69. The minimum Gasteiger partial charge on any atom is -0.480 e. The first-order valence-corrected chi connectivity index (χ1v) is 8.12. The number of carboxylic acids is 1. The third kappa shape index (κ3) is 3.28. The molecule has 0 saturated carbocycles. The minimum absolute atomic E-state index is 0.00917. The zero-order valence-electron chi connectivity index (χ0n) is 13.9. The molecule has 1 amide bonds. The Morgan fingerprint density at radius 1 is 1.42 bits per heavy atom. The van der Waals surface area contributed by atoms with E-state index in [-0.39, 0.29) is 23.9 Å². The molecule has 6 heteroatoms. The highest BCUT2D eigenvalue weighted by Gasteiger charge is 2.38. The molecule has 2 N–H and O–H groups in total. The van der Waals surface area contributed by atoms with Gasteiger partial charge in [0.05, 0.1) is 12.5 Å². The molecule has 1 saturated heterocycles. The lowest BCUT2D eigenvalue weighted by Gasteiger charge is -2.26. The Bertz CT molecular complexity index is 736. The number of carbonyl (C=O) groups excluding carboxylic acids is 1. The highest BCUT2D eigenvalue weighted by molar-refractivity contribution is 5.85. The topological polar surface area (TPSA) is 82.8 Å². The van der Waals surface area contributed by atoms with Gasteiger partial charge in [0.2, 0.25) is 5.91 Å². The lowest BCUT2D eigenvalue weighted by molar-refractivity contribution is -0.136. The molecule has 1 aromatic carbocycles. The average Bonchev–Trinajstić information content (AvgIpc) is 3.16. The Kier molecular flexibility index (Phi) is 4.32. The number of furan rings is 1. The summed E-state index contributed by atoms with van der Waals surface area (Å²) in [7, 11) is 0. The number of benzene rings is 1. The van der Waals surface area contributed by atoms with Crippen molar-refractivity contribution in [1.29, 1.82) is 0 Å². The SMILES string of the molecule is C[C@H](C(=O)N1CC[C@@](C)(NCC(=O)O)C1)c1cc2ccccc2o1. The van der Waals surface area contributed by atoms with Gasteiger partial charge >= 0.3 is 5.97 Å². The summed E-state index contributed by atoms with van der Waals surface area (Å²) in [4.78, 5) is 25.3. The van der Waals surface area contributed by atoms with Crippen LogP contribution in [-0.2, 0) is 9.59 Å². The van der Waals surface area contributed by atoms with Gasteiger partial charge in [-0.2, -0.15) is 0 Å². The van der Waals surface area contributed by atoms with Crippen molar-refractivity contribution in [2.45, 2.75) is 31.7 Å². The second-order valence-electron chi connectivity index (χ2n) is 6.73. The normalized spacial score (nSPS) is 22.0. The quantitative estimate of drug-likeness (QED) is 0.878. The van der Waals surface area contributed by atoms with Gasteiger partial charge in [-0.3, -0.25) is 14.9 Å². The van der Waals surface area contributed by atoms with Crippen LogP contribution >= 0.6 is 0 Å². The molecule has 0 unspecified atom stereocenters. The van der Waals surface area contributed by atoms with Crippen LogP contribution in [0.25, 0.3) is 11.0 Å². The zero-order valence-corrected chi connectivity index (χ0v) is 13.9. The van der Waals surface area contributed by atoms with Crippen LogP contribution in [0.1, 0.15) is 31.9 Å². The van der Waals surface area contributed by atoms with E-state index in [4.69, 9.17) is 9.52 Å². The van der Waals surface area contributed by atoms with Crippen LogP contribution in [0.2, 0.25) is 0 Å². The Morgan fingerprint density at radius 2 is 2.17 bits per heavy atom. The van der Waals surface area contributed by atoms with Crippen molar-refractivity contribution in [1.82, 2.24) is 10.2 Å².